The summed E-state index contributed by atoms with van der Waals surface area (Å²) in [7, 11) is 0. The summed E-state index contributed by atoms with van der Waals surface area (Å²) in [6.45, 7) is 10.7. The number of nitrogens with zero attached hydrogens (tertiary/aromatic N) is 3. The lowest BCUT2D eigenvalue weighted by atomic mass is 9.77. The number of nitriles is 1. The molecule has 3 rings (SSSR count). The summed E-state index contributed by atoms with van der Waals surface area (Å²) < 4.78 is 11.7. The molecular formula is C28H31N3O3. The van der Waals surface area contributed by atoms with Crippen LogP contribution in [0, 0.1) is 18.3 Å². The van der Waals surface area contributed by atoms with Crippen LogP contribution in [0.15, 0.2) is 48.7 Å². The van der Waals surface area contributed by atoms with Gasteiger partial charge in [0.2, 0.25) is 0 Å². The van der Waals surface area contributed by atoms with Crippen LogP contribution in [-0.4, -0.2) is 22.4 Å². The third-order valence-electron chi connectivity index (χ3n) is 5.70. The van der Waals surface area contributed by atoms with Crippen LogP contribution in [0.25, 0.3) is 0 Å². The maximum Gasteiger partial charge on any atom is 0.139 e. The van der Waals surface area contributed by atoms with Crippen molar-refractivity contribution in [1.29, 1.82) is 5.26 Å². The summed E-state index contributed by atoms with van der Waals surface area (Å²) in [6, 6.07) is 16.1. The second kappa shape index (κ2) is 10.9. The Kier molecular flexibility index (Phi) is 8.01. The zero-order valence-electron chi connectivity index (χ0n) is 20.5. The van der Waals surface area contributed by atoms with E-state index in [4.69, 9.17) is 9.47 Å². The first-order valence-corrected chi connectivity index (χ1v) is 11.5. The van der Waals surface area contributed by atoms with Gasteiger partial charge in [-0.1, -0.05) is 39.0 Å². The van der Waals surface area contributed by atoms with Gasteiger partial charge in [-0.3, -0.25) is 4.79 Å². The van der Waals surface area contributed by atoms with E-state index in [1.165, 1.54) is 6.92 Å². The molecule has 0 saturated carbocycles. The summed E-state index contributed by atoms with van der Waals surface area (Å²) >= 11 is 0. The van der Waals surface area contributed by atoms with Crippen molar-refractivity contribution in [3.63, 3.8) is 0 Å². The number of hydrogen-bond donors (Lipinski definition) is 0. The number of ether oxygens (including phenoxy) is 2. The number of hydrogen-bond acceptors (Lipinski definition) is 6. The lowest BCUT2D eigenvalue weighted by Gasteiger charge is -2.27. The number of Topliss-reactive ketones (excluding diaryl/α,β-unsaturated/α-hetero) is 1. The number of carbonyl (C=O) groups is 1. The van der Waals surface area contributed by atoms with E-state index < -0.39 is 0 Å². The van der Waals surface area contributed by atoms with Gasteiger partial charge in [0.15, 0.2) is 0 Å². The van der Waals surface area contributed by atoms with Gasteiger partial charge in [0.25, 0.3) is 0 Å². The van der Waals surface area contributed by atoms with Gasteiger partial charge >= 0.3 is 0 Å². The summed E-state index contributed by atoms with van der Waals surface area (Å²) in [5.74, 6) is 1.92. The van der Waals surface area contributed by atoms with Crippen LogP contribution in [0.2, 0.25) is 0 Å². The fourth-order valence-electron chi connectivity index (χ4n) is 3.73. The summed E-state index contributed by atoms with van der Waals surface area (Å²) in [4.78, 5) is 19.8. The largest absolute Gasteiger partial charge is 0.492 e. The average molecular weight is 458 g/mol. The van der Waals surface area contributed by atoms with Gasteiger partial charge in [-0.25, -0.2) is 9.97 Å². The molecule has 3 aromatic rings. The van der Waals surface area contributed by atoms with Crippen molar-refractivity contribution >= 4 is 5.78 Å². The molecule has 176 valence electrons. The van der Waals surface area contributed by atoms with Gasteiger partial charge in [-0.15, -0.1) is 0 Å². The Morgan fingerprint density at radius 1 is 1.09 bits per heavy atom. The lowest BCUT2D eigenvalue weighted by molar-refractivity contribution is -0.116. The Labute approximate surface area is 201 Å². The van der Waals surface area contributed by atoms with Gasteiger partial charge in [-0.2, -0.15) is 5.26 Å². The number of aromatic nitrogens is 2. The Bertz CT molecular complexity index is 1190. The molecule has 1 heterocycles. The Hall–Kier alpha value is -3.72. The van der Waals surface area contributed by atoms with Crippen LogP contribution in [0.5, 0.6) is 11.5 Å². The van der Waals surface area contributed by atoms with Gasteiger partial charge in [-0.05, 0) is 61.2 Å². The van der Waals surface area contributed by atoms with Crippen LogP contribution < -0.4 is 9.47 Å². The average Bonchev–Trinajstić information content (AvgIpc) is 2.81. The van der Waals surface area contributed by atoms with Crippen molar-refractivity contribution in [2.24, 2.45) is 0 Å². The highest BCUT2D eigenvalue weighted by Crippen LogP contribution is 2.36. The first-order valence-electron chi connectivity index (χ1n) is 11.5. The highest BCUT2D eigenvalue weighted by atomic mass is 16.5. The molecule has 34 heavy (non-hydrogen) atoms. The number of carbonyl (C=O) groups excluding carboxylic acids is 1. The lowest BCUT2D eigenvalue weighted by Crippen LogP contribution is -2.19. The predicted octanol–water partition coefficient (Wildman–Crippen LogP) is 5.48. The molecule has 0 fully saturated rings. The van der Waals surface area contributed by atoms with Crippen molar-refractivity contribution in [1.82, 2.24) is 9.97 Å². The minimum absolute atomic E-state index is 0.0245. The second-order valence-corrected chi connectivity index (χ2v) is 8.91. The van der Waals surface area contributed by atoms with Crippen LogP contribution >= 0.6 is 0 Å². The standard InChI is InChI=1S/C28H31N3O3/c1-6-13-33-27-19(2)14-23(16-21(27)17-29)28(4,5)22-7-9-25(10-8-22)34-18-24-11-12-30-26(31-24)15-20(3)32/h7-12,14,16H,6,13,15,18H2,1-5H3. The zero-order chi connectivity index (χ0) is 24.7. The smallest absolute Gasteiger partial charge is 0.139 e. The first kappa shape index (κ1) is 24.9. The van der Waals surface area contributed by atoms with Crippen molar-refractivity contribution in [2.45, 2.75) is 59.5 Å². The third-order valence-corrected chi connectivity index (χ3v) is 5.70. The Balaban J connectivity index is 1.75. The molecule has 0 aliphatic carbocycles. The van der Waals surface area contributed by atoms with E-state index in [1.807, 2.05) is 44.2 Å². The van der Waals surface area contributed by atoms with Gasteiger partial charge < -0.3 is 9.47 Å². The van der Waals surface area contributed by atoms with E-state index in [-0.39, 0.29) is 17.6 Å². The fourth-order valence-corrected chi connectivity index (χ4v) is 3.73. The molecular weight excluding hydrogens is 426 g/mol. The van der Waals surface area contributed by atoms with E-state index >= 15 is 0 Å². The highest BCUT2D eigenvalue weighted by Gasteiger charge is 2.25. The number of aryl methyl sites for hydroxylation is 1. The normalized spacial score (nSPS) is 11.1. The maximum absolute atomic E-state index is 11.3. The fraction of sp³-hybridized carbons (Fsp3) is 0.357. The topological polar surface area (TPSA) is 85.1 Å². The van der Waals surface area contributed by atoms with Crippen molar-refractivity contribution in [3.05, 3.63) is 82.4 Å². The van der Waals surface area contributed by atoms with Gasteiger partial charge in [0.1, 0.15) is 35.8 Å². The van der Waals surface area contributed by atoms with Crippen LogP contribution in [0.3, 0.4) is 0 Å². The number of rotatable bonds is 10. The molecule has 0 saturated heterocycles. The van der Waals surface area contributed by atoms with E-state index in [9.17, 15) is 10.1 Å². The summed E-state index contributed by atoms with van der Waals surface area (Å²) in [5, 5.41) is 9.68. The van der Waals surface area contributed by atoms with E-state index in [1.54, 1.807) is 12.3 Å². The summed E-state index contributed by atoms with van der Waals surface area (Å²) in [5.41, 5.74) is 4.09. The van der Waals surface area contributed by atoms with Gasteiger partial charge in [0.05, 0.1) is 24.3 Å². The molecule has 1 aromatic heterocycles. The number of benzene rings is 2. The minimum Gasteiger partial charge on any atom is -0.492 e. The molecule has 2 aromatic carbocycles. The number of ketones is 1. The Morgan fingerprint density at radius 2 is 1.82 bits per heavy atom. The molecule has 0 atom stereocenters. The molecule has 6 nitrogen and oxygen atoms in total. The first-order chi connectivity index (χ1) is 16.2. The monoisotopic (exact) mass is 457 g/mol. The molecule has 0 aliphatic heterocycles. The highest BCUT2D eigenvalue weighted by molar-refractivity contribution is 5.77. The molecule has 0 N–H and O–H groups in total. The predicted molar refractivity (Wildman–Crippen MR) is 131 cm³/mol. The SMILES string of the molecule is CCCOc1c(C)cc(C(C)(C)c2ccc(OCc3ccnc(CC(C)=O)n3)cc2)cc1C#N. The molecule has 6 heteroatoms. The van der Waals surface area contributed by atoms with Crippen LogP contribution in [0.4, 0.5) is 0 Å². The molecule has 0 amide bonds. The molecule has 0 aliphatic rings. The third kappa shape index (κ3) is 5.99. The van der Waals surface area contributed by atoms with Crippen molar-refractivity contribution in [2.75, 3.05) is 6.61 Å². The van der Waals surface area contributed by atoms with Crippen LogP contribution in [0.1, 0.15) is 67.9 Å². The van der Waals surface area contributed by atoms with Crippen molar-refractivity contribution < 1.29 is 14.3 Å². The molecule has 0 bridgehead atoms. The van der Waals surface area contributed by atoms with E-state index in [2.05, 4.69) is 36.0 Å². The quantitative estimate of drug-likeness (QED) is 0.401. The van der Waals surface area contributed by atoms with E-state index in [0.29, 0.717) is 30.4 Å². The maximum atomic E-state index is 11.3. The van der Waals surface area contributed by atoms with E-state index in [0.717, 1.165) is 34.6 Å². The molecule has 0 radical (unpaired) electrons. The van der Waals surface area contributed by atoms with Crippen LogP contribution in [-0.2, 0) is 23.2 Å². The van der Waals surface area contributed by atoms with Gasteiger partial charge in [0, 0.05) is 11.6 Å². The zero-order valence-corrected chi connectivity index (χ0v) is 20.5. The molecule has 0 unspecified atom stereocenters. The minimum atomic E-state index is -0.313. The summed E-state index contributed by atoms with van der Waals surface area (Å²) in [6.07, 6.45) is 2.75. The second-order valence-electron chi connectivity index (χ2n) is 8.91. The Morgan fingerprint density at radius 3 is 2.47 bits per heavy atom. The van der Waals surface area contributed by atoms with Crippen molar-refractivity contribution in [3.8, 4) is 17.6 Å². The molecule has 0 spiro atoms.